The highest BCUT2D eigenvalue weighted by atomic mass is 16.4. The summed E-state index contributed by atoms with van der Waals surface area (Å²) in [5.74, 6) is 3.01. The molecule has 42 heavy (non-hydrogen) atoms. The van der Waals surface area contributed by atoms with E-state index in [1.54, 1.807) is 0 Å². The van der Waals surface area contributed by atoms with Crippen molar-refractivity contribution < 1.29 is 25.5 Å². The van der Waals surface area contributed by atoms with Crippen LogP contribution in [0, 0.1) is 68.5 Å². The normalized spacial score (nSPS) is 50.3. The second-order valence-corrected chi connectivity index (χ2v) is 17.5. The first-order valence-electron chi connectivity index (χ1n) is 17.2. The molecular weight excluding hydrogens is 526 g/mol. The molecule has 0 spiro atoms. The summed E-state index contributed by atoms with van der Waals surface area (Å²) in [4.78, 5) is 0. The predicted octanol–water partition coefficient (Wildman–Crippen LogP) is 4.90. The van der Waals surface area contributed by atoms with Crippen molar-refractivity contribution in [2.24, 2.45) is 74.2 Å². The molecule has 0 aromatic carbocycles. The Kier molecular flexibility index (Phi) is 8.45. The molecule has 0 heterocycles. The predicted molar refractivity (Wildman–Crippen MR) is 167 cm³/mol. The molecule has 6 nitrogen and oxygen atoms in total. The quantitative estimate of drug-likeness (QED) is 0.235. The molecule has 5 rings (SSSR count). The number of aliphatic hydroxyl groups excluding tert-OH is 5. The molecule has 7 N–H and O–H groups in total. The van der Waals surface area contributed by atoms with Crippen molar-refractivity contribution in [3.63, 3.8) is 0 Å². The Bertz CT molecular complexity index is 1030. The lowest BCUT2D eigenvalue weighted by Crippen LogP contribution is -2.65. The van der Waals surface area contributed by atoms with Gasteiger partial charge in [-0.2, -0.15) is 0 Å². The first kappa shape index (κ1) is 32.9. The van der Waals surface area contributed by atoms with Crippen LogP contribution < -0.4 is 5.73 Å². The number of fused-ring (bicyclic) bond motifs is 7. The highest BCUT2D eigenvalue weighted by Crippen LogP contribution is 2.76. The van der Waals surface area contributed by atoms with Gasteiger partial charge in [0.15, 0.2) is 0 Å². The van der Waals surface area contributed by atoms with Crippen LogP contribution >= 0.6 is 0 Å². The second-order valence-electron chi connectivity index (χ2n) is 17.5. The fraction of sp³-hybridized carbons (Fsp3) is 0.944. The standard InChI is InChI=1S/C36H63NO5/c1-20-11-15-34(6)25(32(20,3)4)14-18-36(8)27(34)10-9-26-33(5)16-12-22(23(33)13-17-35(26,36)7)21(2)28(39)30(41)31(42)29(40)24(38)19-37/h9-10,20-31,38-42H,11-19,37H2,1-8H3/t20?,21-,22-,23+,24?,25+,26-,27-,28?,29?,30?,31?,33+,34+,35-,36-/m1/s1. The molecule has 5 aliphatic carbocycles. The van der Waals surface area contributed by atoms with E-state index in [-0.39, 0.29) is 34.6 Å². The van der Waals surface area contributed by atoms with Crippen molar-refractivity contribution in [2.75, 3.05) is 6.54 Å². The minimum absolute atomic E-state index is 0.118. The van der Waals surface area contributed by atoms with Crippen LogP contribution in [-0.2, 0) is 0 Å². The molecule has 4 saturated carbocycles. The zero-order valence-electron chi connectivity index (χ0n) is 27.8. The van der Waals surface area contributed by atoms with Crippen LogP contribution in [-0.4, -0.2) is 62.6 Å². The molecule has 242 valence electrons. The van der Waals surface area contributed by atoms with E-state index in [0.29, 0.717) is 28.6 Å². The Morgan fingerprint density at radius 3 is 1.81 bits per heavy atom. The van der Waals surface area contributed by atoms with Gasteiger partial charge in [0.1, 0.15) is 18.3 Å². The molecule has 16 atom stereocenters. The molecule has 0 aromatic heterocycles. The van der Waals surface area contributed by atoms with Gasteiger partial charge in [-0.15, -0.1) is 0 Å². The van der Waals surface area contributed by atoms with Crippen molar-refractivity contribution in [3.05, 3.63) is 12.2 Å². The smallest absolute Gasteiger partial charge is 0.111 e. The Hall–Kier alpha value is -0.500. The summed E-state index contributed by atoms with van der Waals surface area (Å²) in [6.45, 7) is 19.7. The van der Waals surface area contributed by atoms with Gasteiger partial charge in [0.05, 0.1) is 12.2 Å². The number of allylic oxidation sites excluding steroid dienone is 2. The Balaban J connectivity index is 1.40. The van der Waals surface area contributed by atoms with Crippen LogP contribution in [0.25, 0.3) is 0 Å². The van der Waals surface area contributed by atoms with Gasteiger partial charge in [-0.1, -0.05) is 67.5 Å². The van der Waals surface area contributed by atoms with Gasteiger partial charge >= 0.3 is 0 Å². The van der Waals surface area contributed by atoms with E-state index in [4.69, 9.17) is 5.73 Å². The van der Waals surface area contributed by atoms with Gasteiger partial charge in [0, 0.05) is 6.54 Å². The highest BCUT2D eigenvalue weighted by molar-refractivity contribution is 5.27. The lowest BCUT2D eigenvalue weighted by molar-refractivity contribution is -0.206. The van der Waals surface area contributed by atoms with Crippen LogP contribution in [0.3, 0.4) is 0 Å². The number of hydrogen-bond donors (Lipinski definition) is 6. The number of nitrogens with two attached hydrogens (primary N) is 1. The van der Waals surface area contributed by atoms with Gasteiger partial charge in [0.25, 0.3) is 0 Å². The van der Waals surface area contributed by atoms with E-state index < -0.39 is 30.5 Å². The van der Waals surface area contributed by atoms with Crippen molar-refractivity contribution in [1.82, 2.24) is 0 Å². The van der Waals surface area contributed by atoms with Gasteiger partial charge in [-0.25, -0.2) is 0 Å². The van der Waals surface area contributed by atoms with E-state index in [9.17, 15) is 25.5 Å². The number of aliphatic hydroxyl groups is 5. The topological polar surface area (TPSA) is 127 Å². The van der Waals surface area contributed by atoms with Crippen molar-refractivity contribution in [2.45, 2.75) is 137 Å². The summed E-state index contributed by atoms with van der Waals surface area (Å²) in [7, 11) is 0. The van der Waals surface area contributed by atoms with Gasteiger partial charge in [-0.05, 0) is 120 Å². The average molecular weight is 590 g/mol. The molecule has 6 heteroatoms. The summed E-state index contributed by atoms with van der Waals surface area (Å²) in [5, 5.41) is 52.7. The third-order valence-electron chi connectivity index (χ3n) is 15.9. The fourth-order valence-corrected chi connectivity index (χ4v) is 12.6. The number of hydrogen-bond acceptors (Lipinski definition) is 6. The van der Waals surface area contributed by atoms with Crippen LogP contribution in [0.15, 0.2) is 12.2 Å². The lowest BCUT2D eigenvalue weighted by atomic mass is 9.33. The molecule has 0 aliphatic heterocycles. The van der Waals surface area contributed by atoms with Gasteiger partial charge in [0.2, 0.25) is 0 Å². The minimum atomic E-state index is -1.66. The highest BCUT2D eigenvalue weighted by Gasteiger charge is 2.69. The van der Waals surface area contributed by atoms with Crippen molar-refractivity contribution in [3.8, 4) is 0 Å². The maximum absolute atomic E-state index is 11.2. The first-order valence-corrected chi connectivity index (χ1v) is 17.2. The Morgan fingerprint density at radius 1 is 0.690 bits per heavy atom. The largest absolute Gasteiger partial charge is 0.390 e. The van der Waals surface area contributed by atoms with Crippen molar-refractivity contribution in [1.29, 1.82) is 0 Å². The summed E-state index contributed by atoms with van der Waals surface area (Å²) in [6, 6.07) is 0. The van der Waals surface area contributed by atoms with Crippen molar-refractivity contribution >= 4 is 0 Å². The summed E-state index contributed by atoms with van der Waals surface area (Å²) >= 11 is 0. The zero-order valence-corrected chi connectivity index (χ0v) is 27.8. The van der Waals surface area contributed by atoms with Crippen LogP contribution in [0.2, 0.25) is 0 Å². The summed E-state index contributed by atoms with van der Waals surface area (Å²) < 4.78 is 0. The van der Waals surface area contributed by atoms with Crippen LogP contribution in [0.5, 0.6) is 0 Å². The third-order valence-corrected chi connectivity index (χ3v) is 15.9. The average Bonchev–Trinajstić information content (AvgIpc) is 3.30. The number of rotatable bonds is 7. The van der Waals surface area contributed by atoms with Gasteiger partial charge < -0.3 is 31.3 Å². The third kappa shape index (κ3) is 4.39. The monoisotopic (exact) mass is 589 g/mol. The molecular formula is C36H63NO5. The summed E-state index contributed by atoms with van der Waals surface area (Å²) in [5.41, 5.74) is 6.73. The minimum Gasteiger partial charge on any atom is -0.390 e. The lowest BCUT2D eigenvalue weighted by Gasteiger charge is -2.71. The maximum Gasteiger partial charge on any atom is 0.111 e. The van der Waals surface area contributed by atoms with E-state index in [2.05, 4.69) is 60.6 Å². The van der Waals surface area contributed by atoms with E-state index in [0.717, 1.165) is 31.1 Å². The summed E-state index contributed by atoms with van der Waals surface area (Å²) in [6.07, 6.45) is 7.62. The molecule has 0 saturated heterocycles. The van der Waals surface area contributed by atoms with E-state index in [1.165, 1.54) is 32.1 Å². The molecule has 0 aromatic rings. The Labute approximate surface area is 255 Å². The molecule has 0 bridgehead atoms. The van der Waals surface area contributed by atoms with Crippen LogP contribution in [0.1, 0.15) is 107 Å². The Morgan fingerprint density at radius 2 is 1.21 bits per heavy atom. The molecule has 6 unspecified atom stereocenters. The zero-order chi connectivity index (χ0) is 31.2. The molecule has 5 aliphatic rings. The van der Waals surface area contributed by atoms with Gasteiger partial charge in [-0.3, -0.25) is 0 Å². The first-order chi connectivity index (χ1) is 19.4. The second kappa shape index (κ2) is 10.8. The molecule has 0 amide bonds. The maximum atomic E-state index is 11.2. The van der Waals surface area contributed by atoms with E-state index in [1.807, 2.05) is 6.92 Å². The molecule has 0 radical (unpaired) electrons. The molecule has 4 fully saturated rings. The fourth-order valence-electron chi connectivity index (χ4n) is 12.6. The van der Waals surface area contributed by atoms with Crippen LogP contribution in [0.4, 0.5) is 0 Å². The SMILES string of the molecule is CC1CC[C@]2(C)[C@H]3C=C[C@@H]4[C@@]5(C)CC[C@H]([C@@H](C)C(O)C(O)C(O)C(O)C(O)CN)[C@@H]5CC[C@@]4(C)[C@]3(C)CC[C@H]2C1(C)C. The van der Waals surface area contributed by atoms with E-state index >= 15 is 0 Å².